The Morgan fingerprint density at radius 1 is 1.00 bits per heavy atom. The highest BCUT2D eigenvalue weighted by molar-refractivity contribution is 7.98. The molecule has 0 radical (unpaired) electrons. The molecule has 1 aliphatic heterocycles. The number of anilines is 1. The van der Waals surface area contributed by atoms with Crippen molar-refractivity contribution in [1.82, 2.24) is 5.43 Å². The zero-order valence-corrected chi connectivity index (χ0v) is 19.1. The number of hydrogen-bond acceptors (Lipinski definition) is 5. The lowest BCUT2D eigenvalue weighted by atomic mass is 10.1. The molecule has 5 nitrogen and oxygen atoms in total. The van der Waals surface area contributed by atoms with Crippen molar-refractivity contribution in [2.24, 2.45) is 5.10 Å². The molecule has 3 aromatic carbocycles. The summed E-state index contributed by atoms with van der Waals surface area (Å²) in [6.45, 7) is 3.33. The molecule has 0 spiro atoms. The molecule has 0 aliphatic carbocycles. The Bertz CT molecular complexity index is 1050. The molecule has 3 aromatic rings. The van der Waals surface area contributed by atoms with Crippen molar-refractivity contribution < 1.29 is 9.53 Å². The maximum absolute atomic E-state index is 12.4. The highest BCUT2D eigenvalue weighted by Gasteiger charge is 2.10. The fourth-order valence-electron chi connectivity index (χ4n) is 3.27. The van der Waals surface area contributed by atoms with Gasteiger partial charge < -0.3 is 9.64 Å². The molecule has 0 saturated carbocycles. The van der Waals surface area contributed by atoms with Crippen LogP contribution < -0.4 is 10.3 Å². The first kappa shape index (κ1) is 22.4. The van der Waals surface area contributed by atoms with E-state index in [1.54, 1.807) is 18.0 Å². The van der Waals surface area contributed by atoms with Gasteiger partial charge in [0.25, 0.3) is 5.91 Å². The molecule has 1 aliphatic rings. The predicted molar refractivity (Wildman–Crippen MR) is 132 cm³/mol. The lowest BCUT2D eigenvalue weighted by Crippen LogP contribution is -2.36. The monoisotopic (exact) mass is 465 g/mol. The van der Waals surface area contributed by atoms with Crippen molar-refractivity contribution in [2.75, 3.05) is 31.2 Å². The average molecular weight is 466 g/mol. The second-order valence-corrected chi connectivity index (χ2v) is 8.81. The number of rotatable bonds is 7. The lowest BCUT2D eigenvalue weighted by molar-refractivity contribution is 0.0955. The molecule has 0 bridgehead atoms. The molecule has 1 heterocycles. The van der Waals surface area contributed by atoms with E-state index < -0.39 is 0 Å². The predicted octanol–water partition coefficient (Wildman–Crippen LogP) is 5.23. The summed E-state index contributed by atoms with van der Waals surface area (Å²) in [5, 5.41) is 4.83. The third-order valence-corrected chi connectivity index (χ3v) is 6.42. The van der Waals surface area contributed by atoms with Crippen LogP contribution in [0.25, 0.3) is 0 Å². The van der Waals surface area contributed by atoms with Gasteiger partial charge in [-0.15, -0.1) is 11.8 Å². The molecule has 0 aromatic heterocycles. The number of amides is 1. The molecule has 7 heteroatoms. The van der Waals surface area contributed by atoms with Gasteiger partial charge in [0.2, 0.25) is 0 Å². The summed E-state index contributed by atoms with van der Waals surface area (Å²) >= 11 is 7.65. The van der Waals surface area contributed by atoms with Gasteiger partial charge in [0.15, 0.2) is 0 Å². The zero-order valence-electron chi connectivity index (χ0n) is 17.5. The molecule has 1 amide bonds. The lowest BCUT2D eigenvalue weighted by Gasteiger charge is -2.28. The summed E-state index contributed by atoms with van der Waals surface area (Å²) in [5.74, 6) is 0.588. The minimum atomic E-state index is -0.233. The number of carbonyl (C=O) groups excluding carboxylic acids is 1. The summed E-state index contributed by atoms with van der Waals surface area (Å²) in [6, 6.07) is 23.5. The van der Waals surface area contributed by atoms with Crippen molar-refractivity contribution in [2.45, 2.75) is 10.6 Å². The second-order valence-electron chi connectivity index (χ2n) is 7.33. The first-order valence-corrected chi connectivity index (χ1v) is 11.8. The van der Waals surface area contributed by atoms with Crippen LogP contribution in [0.3, 0.4) is 0 Å². The normalized spacial score (nSPS) is 14.0. The second kappa shape index (κ2) is 11.2. The third-order valence-electron chi connectivity index (χ3n) is 5.08. The Hall–Kier alpha value is -2.80. The number of thioether (sulfide) groups is 1. The van der Waals surface area contributed by atoms with E-state index in [9.17, 15) is 4.79 Å². The zero-order chi connectivity index (χ0) is 22.2. The Morgan fingerprint density at radius 2 is 1.69 bits per heavy atom. The van der Waals surface area contributed by atoms with E-state index >= 15 is 0 Å². The van der Waals surface area contributed by atoms with Gasteiger partial charge in [0.05, 0.1) is 19.4 Å². The largest absolute Gasteiger partial charge is 0.378 e. The van der Waals surface area contributed by atoms with Crippen LogP contribution in [-0.4, -0.2) is 38.4 Å². The smallest absolute Gasteiger partial charge is 0.271 e. The Balaban J connectivity index is 1.26. The van der Waals surface area contributed by atoms with Crippen LogP contribution in [0.5, 0.6) is 0 Å². The number of hydrazone groups is 1. The van der Waals surface area contributed by atoms with Crippen LogP contribution in [0.4, 0.5) is 5.69 Å². The molecule has 1 N–H and O–H groups in total. The molecule has 32 heavy (non-hydrogen) atoms. The maximum atomic E-state index is 12.4. The van der Waals surface area contributed by atoms with Gasteiger partial charge >= 0.3 is 0 Å². The van der Waals surface area contributed by atoms with Gasteiger partial charge in [-0.1, -0.05) is 35.9 Å². The van der Waals surface area contributed by atoms with Crippen molar-refractivity contribution in [3.63, 3.8) is 0 Å². The summed E-state index contributed by atoms with van der Waals surface area (Å²) in [7, 11) is 0. The van der Waals surface area contributed by atoms with E-state index in [0.29, 0.717) is 5.56 Å². The molecule has 4 rings (SSSR count). The topological polar surface area (TPSA) is 53.9 Å². The van der Waals surface area contributed by atoms with Gasteiger partial charge in [-0.2, -0.15) is 5.10 Å². The van der Waals surface area contributed by atoms with Crippen LogP contribution in [0.15, 0.2) is 82.8 Å². The Morgan fingerprint density at radius 3 is 2.38 bits per heavy atom. The number of halogens is 1. The van der Waals surface area contributed by atoms with Crippen LogP contribution in [0, 0.1) is 0 Å². The molecule has 0 unspecified atom stereocenters. The van der Waals surface area contributed by atoms with Crippen LogP contribution >= 0.6 is 23.4 Å². The van der Waals surface area contributed by atoms with E-state index in [2.05, 4.69) is 27.6 Å². The number of ether oxygens (including phenoxy) is 1. The molecule has 164 valence electrons. The highest BCUT2D eigenvalue weighted by Crippen LogP contribution is 2.24. The molecular formula is C25H24ClN3O2S. The van der Waals surface area contributed by atoms with Gasteiger partial charge in [-0.3, -0.25) is 4.79 Å². The fraction of sp³-hybridized carbons (Fsp3) is 0.200. The van der Waals surface area contributed by atoms with E-state index in [-0.39, 0.29) is 5.91 Å². The van der Waals surface area contributed by atoms with Crippen molar-refractivity contribution >= 4 is 41.2 Å². The SMILES string of the molecule is O=C(N/N=C/c1ccc(N2CCOCC2)cc1)c1ccc(CSc2ccc(Cl)cc2)cc1. The minimum absolute atomic E-state index is 0.233. The van der Waals surface area contributed by atoms with E-state index in [1.807, 2.05) is 60.7 Å². The van der Waals surface area contributed by atoms with E-state index in [1.165, 1.54) is 5.69 Å². The number of nitrogens with one attached hydrogen (secondary N) is 1. The first-order valence-electron chi connectivity index (χ1n) is 10.4. The minimum Gasteiger partial charge on any atom is -0.378 e. The number of nitrogens with zero attached hydrogens (tertiary/aromatic N) is 2. The summed E-state index contributed by atoms with van der Waals surface area (Å²) in [6.07, 6.45) is 1.65. The van der Waals surface area contributed by atoms with Crippen LogP contribution in [0.1, 0.15) is 21.5 Å². The van der Waals surface area contributed by atoms with Gasteiger partial charge in [-0.25, -0.2) is 5.43 Å². The van der Waals surface area contributed by atoms with Gasteiger partial charge in [-0.05, 0) is 59.7 Å². The summed E-state index contributed by atoms with van der Waals surface area (Å²) in [4.78, 5) is 15.8. The summed E-state index contributed by atoms with van der Waals surface area (Å²) < 4.78 is 5.39. The molecule has 1 saturated heterocycles. The molecule has 0 atom stereocenters. The fourth-order valence-corrected chi connectivity index (χ4v) is 4.25. The maximum Gasteiger partial charge on any atom is 0.271 e. The average Bonchev–Trinajstić information content (AvgIpc) is 2.85. The number of morpholine rings is 1. The molecule has 1 fully saturated rings. The van der Waals surface area contributed by atoms with E-state index in [4.69, 9.17) is 16.3 Å². The van der Waals surface area contributed by atoms with Crippen LogP contribution in [0.2, 0.25) is 5.02 Å². The quantitative estimate of drug-likeness (QED) is 0.295. The number of benzene rings is 3. The highest BCUT2D eigenvalue weighted by atomic mass is 35.5. The van der Waals surface area contributed by atoms with Gasteiger partial charge in [0.1, 0.15) is 0 Å². The number of carbonyl (C=O) groups is 1. The van der Waals surface area contributed by atoms with Crippen molar-refractivity contribution in [3.05, 3.63) is 94.5 Å². The first-order chi connectivity index (χ1) is 15.7. The third kappa shape index (κ3) is 6.36. The molecular weight excluding hydrogens is 442 g/mol. The summed E-state index contributed by atoms with van der Waals surface area (Å²) in [5.41, 5.74) is 6.41. The Labute approximate surface area is 197 Å². The van der Waals surface area contributed by atoms with Crippen molar-refractivity contribution in [1.29, 1.82) is 0 Å². The van der Waals surface area contributed by atoms with E-state index in [0.717, 1.165) is 53.1 Å². The Kier molecular flexibility index (Phi) is 7.82. The van der Waals surface area contributed by atoms with Crippen LogP contribution in [-0.2, 0) is 10.5 Å². The van der Waals surface area contributed by atoms with Gasteiger partial charge in [0, 0.05) is 40.0 Å². The standard InChI is InChI=1S/C25H24ClN3O2S/c26-22-7-11-24(12-8-22)32-18-20-1-5-21(6-2-20)25(30)28-27-17-19-3-9-23(10-4-19)29-13-15-31-16-14-29/h1-12,17H,13-16,18H2,(H,28,30)/b27-17+. The van der Waals surface area contributed by atoms with Crippen molar-refractivity contribution in [3.8, 4) is 0 Å². The number of hydrogen-bond donors (Lipinski definition) is 1.